The summed E-state index contributed by atoms with van der Waals surface area (Å²) in [7, 11) is 0. The third kappa shape index (κ3) is 18.7. The van der Waals surface area contributed by atoms with Gasteiger partial charge in [0.2, 0.25) is 0 Å². The van der Waals surface area contributed by atoms with Crippen LogP contribution in [0.3, 0.4) is 0 Å². The van der Waals surface area contributed by atoms with Gasteiger partial charge in [-0.15, -0.1) is 0 Å². The quantitative estimate of drug-likeness (QED) is 0.279. The molecule has 0 aromatic heterocycles. The van der Waals surface area contributed by atoms with E-state index in [0.29, 0.717) is 6.42 Å². The maximum absolute atomic E-state index is 10.3. The smallest absolute Gasteiger partial charge is 0.303 e. The van der Waals surface area contributed by atoms with Gasteiger partial charge in [-0.3, -0.25) is 4.79 Å². The lowest BCUT2D eigenvalue weighted by atomic mass is 10.1. The third-order valence-electron chi connectivity index (χ3n) is 3.49. The standard InChI is InChI=1S/C20H34O2/c1-2-3-4-5-6-7-8-9-10-11-12-13-14-15-16-17-18-19-20(21)22/h3-4,10-11,16-17H,2,5-9,12-15,18-19H2,1H3,(H,21,22). The van der Waals surface area contributed by atoms with E-state index in [1.807, 2.05) is 6.08 Å². The number of hydrogen-bond acceptors (Lipinski definition) is 1. The fourth-order valence-electron chi connectivity index (χ4n) is 2.19. The first-order valence-electron chi connectivity index (χ1n) is 8.94. The lowest BCUT2D eigenvalue weighted by Gasteiger charge is -1.96. The average Bonchev–Trinajstić information content (AvgIpc) is 2.50. The first-order chi connectivity index (χ1) is 10.8. The molecule has 0 atom stereocenters. The summed E-state index contributed by atoms with van der Waals surface area (Å²) in [6, 6.07) is 0. The summed E-state index contributed by atoms with van der Waals surface area (Å²) in [4.78, 5) is 10.3. The Morgan fingerprint density at radius 1 is 0.682 bits per heavy atom. The average molecular weight is 306 g/mol. The minimum Gasteiger partial charge on any atom is -0.481 e. The second-order valence-corrected chi connectivity index (χ2v) is 5.68. The Labute approximate surface area is 137 Å². The van der Waals surface area contributed by atoms with Crippen LogP contribution in [0.4, 0.5) is 0 Å². The molecule has 0 amide bonds. The molecule has 0 bridgehead atoms. The van der Waals surface area contributed by atoms with Gasteiger partial charge in [0.1, 0.15) is 0 Å². The van der Waals surface area contributed by atoms with E-state index >= 15 is 0 Å². The molecule has 0 aromatic carbocycles. The maximum Gasteiger partial charge on any atom is 0.303 e. The highest BCUT2D eigenvalue weighted by molar-refractivity contribution is 5.66. The molecule has 0 saturated carbocycles. The predicted octanol–water partition coefficient (Wildman–Crippen LogP) is 6.44. The van der Waals surface area contributed by atoms with Crippen LogP contribution in [0, 0.1) is 0 Å². The number of carbonyl (C=O) groups is 1. The minimum atomic E-state index is -0.716. The van der Waals surface area contributed by atoms with Crippen molar-refractivity contribution in [2.24, 2.45) is 0 Å². The van der Waals surface area contributed by atoms with Gasteiger partial charge in [0, 0.05) is 6.42 Å². The maximum atomic E-state index is 10.3. The van der Waals surface area contributed by atoms with Crippen molar-refractivity contribution in [3.63, 3.8) is 0 Å². The van der Waals surface area contributed by atoms with E-state index in [9.17, 15) is 4.79 Å². The second-order valence-electron chi connectivity index (χ2n) is 5.68. The molecule has 0 aliphatic heterocycles. The minimum absolute atomic E-state index is 0.244. The molecule has 0 unspecified atom stereocenters. The predicted molar refractivity (Wildman–Crippen MR) is 96.1 cm³/mol. The molecule has 1 N–H and O–H groups in total. The lowest BCUT2D eigenvalue weighted by Crippen LogP contribution is -1.91. The Kier molecular flexibility index (Phi) is 16.7. The molecule has 2 heteroatoms. The summed E-state index contributed by atoms with van der Waals surface area (Å²) in [6.07, 6.45) is 26.4. The summed E-state index contributed by atoms with van der Waals surface area (Å²) in [5, 5.41) is 8.49. The normalized spacial score (nSPS) is 12.0. The summed E-state index contributed by atoms with van der Waals surface area (Å²) >= 11 is 0. The SMILES string of the molecule is CCC=CCCCCCC=CCCCCC=CCCC(=O)O. The van der Waals surface area contributed by atoms with Crippen LogP contribution in [0.1, 0.15) is 84.0 Å². The monoisotopic (exact) mass is 306 g/mol. The zero-order valence-electron chi connectivity index (χ0n) is 14.3. The molecule has 0 saturated heterocycles. The van der Waals surface area contributed by atoms with Crippen molar-refractivity contribution in [1.29, 1.82) is 0 Å². The van der Waals surface area contributed by atoms with Gasteiger partial charge in [-0.25, -0.2) is 0 Å². The second kappa shape index (κ2) is 17.7. The van der Waals surface area contributed by atoms with Gasteiger partial charge in [-0.05, 0) is 64.2 Å². The number of allylic oxidation sites excluding steroid dienone is 6. The van der Waals surface area contributed by atoms with E-state index in [4.69, 9.17) is 5.11 Å². The summed E-state index contributed by atoms with van der Waals surface area (Å²) in [6.45, 7) is 2.18. The van der Waals surface area contributed by atoms with Crippen molar-refractivity contribution in [1.82, 2.24) is 0 Å². The van der Waals surface area contributed by atoms with Crippen LogP contribution in [-0.4, -0.2) is 11.1 Å². The fourth-order valence-corrected chi connectivity index (χ4v) is 2.19. The molecular formula is C20H34O2. The van der Waals surface area contributed by atoms with Gasteiger partial charge < -0.3 is 5.11 Å². The van der Waals surface area contributed by atoms with Gasteiger partial charge in [0.15, 0.2) is 0 Å². The summed E-state index contributed by atoms with van der Waals surface area (Å²) in [5.74, 6) is -0.716. The molecule has 0 heterocycles. The highest BCUT2D eigenvalue weighted by atomic mass is 16.4. The van der Waals surface area contributed by atoms with E-state index in [-0.39, 0.29) is 6.42 Å². The largest absolute Gasteiger partial charge is 0.481 e. The number of hydrogen-bond donors (Lipinski definition) is 1. The van der Waals surface area contributed by atoms with Crippen molar-refractivity contribution in [2.45, 2.75) is 84.0 Å². The zero-order valence-corrected chi connectivity index (χ0v) is 14.3. The van der Waals surface area contributed by atoms with Crippen molar-refractivity contribution in [3.05, 3.63) is 36.5 Å². The van der Waals surface area contributed by atoms with Crippen LogP contribution in [-0.2, 0) is 4.79 Å². The Morgan fingerprint density at radius 2 is 1.09 bits per heavy atom. The molecule has 0 aliphatic carbocycles. The number of aliphatic carboxylic acids is 1. The van der Waals surface area contributed by atoms with Crippen molar-refractivity contribution < 1.29 is 9.90 Å². The van der Waals surface area contributed by atoms with Crippen LogP contribution >= 0.6 is 0 Å². The van der Waals surface area contributed by atoms with Crippen LogP contribution in [0.15, 0.2) is 36.5 Å². The molecule has 0 fully saturated rings. The van der Waals surface area contributed by atoms with E-state index in [1.54, 1.807) is 0 Å². The number of rotatable bonds is 15. The molecule has 0 aromatic rings. The zero-order chi connectivity index (χ0) is 16.3. The Bertz CT molecular complexity index is 327. The first kappa shape index (κ1) is 20.7. The number of carboxylic acid groups (broad SMARTS) is 1. The van der Waals surface area contributed by atoms with Gasteiger partial charge in [-0.1, -0.05) is 49.8 Å². The van der Waals surface area contributed by atoms with E-state index < -0.39 is 5.97 Å². The highest BCUT2D eigenvalue weighted by Gasteiger charge is 1.91. The van der Waals surface area contributed by atoms with Gasteiger partial charge in [-0.2, -0.15) is 0 Å². The molecule has 0 rings (SSSR count). The van der Waals surface area contributed by atoms with Crippen molar-refractivity contribution >= 4 is 5.97 Å². The highest BCUT2D eigenvalue weighted by Crippen LogP contribution is 2.07. The van der Waals surface area contributed by atoms with E-state index in [0.717, 1.165) is 12.8 Å². The molecular weight excluding hydrogens is 272 g/mol. The third-order valence-corrected chi connectivity index (χ3v) is 3.49. The van der Waals surface area contributed by atoms with Gasteiger partial charge in [0.25, 0.3) is 0 Å². The van der Waals surface area contributed by atoms with Gasteiger partial charge >= 0.3 is 5.97 Å². The van der Waals surface area contributed by atoms with E-state index in [1.165, 1.54) is 51.4 Å². The molecule has 0 spiro atoms. The van der Waals surface area contributed by atoms with Crippen LogP contribution in [0.2, 0.25) is 0 Å². The Balaban J connectivity index is 3.21. The first-order valence-corrected chi connectivity index (χ1v) is 8.94. The lowest BCUT2D eigenvalue weighted by molar-refractivity contribution is -0.136. The van der Waals surface area contributed by atoms with Gasteiger partial charge in [0.05, 0.1) is 0 Å². The van der Waals surface area contributed by atoms with Crippen molar-refractivity contribution in [2.75, 3.05) is 0 Å². The van der Waals surface area contributed by atoms with Crippen LogP contribution in [0.25, 0.3) is 0 Å². The number of unbranched alkanes of at least 4 members (excludes halogenated alkanes) is 7. The Morgan fingerprint density at radius 3 is 1.55 bits per heavy atom. The van der Waals surface area contributed by atoms with Crippen molar-refractivity contribution in [3.8, 4) is 0 Å². The Hall–Kier alpha value is -1.31. The fraction of sp³-hybridized carbons (Fsp3) is 0.650. The topological polar surface area (TPSA) is 37.3 Å². The molecule has 126 valence electrons. The molecule has 2 nitrogen and oxygen atoms in total. The molecule has 22 heavy (non-hydrogen) atoms. The van der Waals surface area contributed by atoms with E-state index in [2.05, 4.69) is 37.3 Å². The van der Waals surface area contributed by atoms with Crippen LogP contribution in [0.5, 0.6) is 0 Å². The number of carboxylic acids is 1. The van der Waals surface area contributed by atoms with Crippen LogP contribution < -0.4 is 0 Å². The summed E-state index contributed by atoms with van der Waals surface area (Å²) in [5.41, 5.74) is 0. The summed E-state index contributed by atoms with van der Waals surface area (Å²) < 4.78 is 0. The molecule has 0 radical (unpaired) electrons. The molecule has 0 aliphatic rings.